The summed E-state index contributed by atoms with van der Waals surface area (Å²) >= 11 is 6.21. The molecule has 2 aliphatic rings. The second-order valence-corrected chi connectivity index (χ2v) is 9.14. The number of carbonyl (C=O) groups is 2. The summed E-state index contributed by atoms with van der Waals surface area (Å²) in [5.74, 6) is 1.33. The summed E-state index contributed by atoms with van der Waals surface area (Å²) in [4.78, 5) is 34.7. The molecule has 2 amide bonds. The normalized spacial score (nSPS) is 18.8. The molecule has 0 radical (unpaired) electrons. The van der Waals surface area contributed by atoms with Crippen molar-refractivity contribution in [3.05, 3.63) is 53.3 Å². The average molecular weight is 467 g/mol. The van der Waals surface area contributed by atoms with Crippen molar-refractivity contribution in [1.29, 1.82) is 0 Å². The SMILES string of the molecule is COc1ccc(Cl)cc1N1CC(c2nc3ccccc3n2CC(=O)N2CCCCC2)CC1=O. The molecule has 1 unspecified atom stereocenters. The number of imidazole rings is 1. The first kappa shape index (κ1) is 21.8. The van der Waals surface area contributed by atoms with Crippen molar-refractivity contribution in [3.8, 4) is 5.75 Å². The maximum atomic E-state index is 13.1. The molecule has 2 aromatic carbocycles. The third-order valence-electron chi connectivity index (χ3n) is 6.61. The van der Waals surface area contributed by atoms with Crippen molar-refractivity contribution in [3.63, 3.8) is 0 Å². The number of aromatic nitrogens is 2. The summed E-state index contributed by atoms with van der Waals surface area (Å²) in [6.07, 6.45) is 3.60. The average Bonchev–Trinajstić information content (AvgIpc) is 3.40. The standard InChI is InChI=1S/C25H27ClN4O3/c1-33-22-10-9-18(26)14-21(22)29-15-17(13-23(29)31)25-27-19-7-3-4-8-20(19)30(25)16-24(32)28-11-5-2-6-12-28/h3-4,7-10,14,17H,2,5-6,11-13,15-16H2,1H3. The quantitative estimate of drug-likeness (QED) is 0.564. The number of benzene rings is 2. The van der Waals surface area contributed by atoms with Gasteiger partial charge in [-0.25, -0.2) is 4.98 Å². The first-order valence-electron chi connectivity index (χ1n) is 11.4. The van der Waals surface area contributed by atoms with Crippen LogP contribution in [-0.2, 0) is 16.1 Å². The molecule has 172 valence electrons. The van der Waals surface area contributed by atoms with Gasteiger partial charge in [0.2, 0.25) is 11.8 Å². The van der Waals surface area contributed by atoms with E-state index in [0.717, 1.165) is 42.8 Å². The number of nitrogens with zero attached hydrogens (tertiary/aromatic N) is 4. The van der Waals surface area contributed by atoms with Crippen LogP contribution in [0.4, 0.5) is 5.69 Å². The van der Waals surface area contributed by atoms with Crippen LogP contribution in [-0.4, -0.2) is 53.0 Å². The Balaban J connectivity index is 1.47. The first-order chi connectivity index (χ1) is 16.0. The lowest BCUT2D eigenvalue weighted by Gasteiger charge is -2.27. The van der Waals surface area contributed by atoms with E-state index in [2.05, 4.69) is 0 Å². The molecule has 3 heterocycles. The summed E-state index contributed by atoms with van der Waals surface area (Å²) in [5.41, 5.74) is 2.42. The molecular weight excluding hydrogens is 440 g/mol. The number of amides is 2. The van der Waals surface area contributed by atoms with E-state index in [1.807, 2.05) is 33.7 Å². The lowest BCUT2D eigenvalue weighted by atomic mass is 10.1. The number of rotatable bonds is 5. The number of hydrogen-bond donors (Lipinski definition) is 0. The van der Waals surface area contributed by atoms with E-state index in [-0.39, 0.29) is 24.3 Å². The number of hydrogen-bond acceptors (Lipinski definition) is 4. The van der Waals surface area contributed by atoms with Gasteiger partial charge >= 0.3 is 0 Å². The zero-order valence-corrected chi connectivity index (χ0v) is 19.4. The fourth-order valence-electron chi connectivity index (χ4n) is 4.94. The zero-order valence-electron chi connectivity index (χ0n) is 18.7. The minimum atomic E-state index is -0.136. The van der Waals surface area contributed by atoms with Gasteiger partial charge in [0, 0.05) is 37.0 Å². The van der Waals surface area contributed by atoms with Gasteiger partial charge in [-0.2, -0.15) is 0 Å². The number of carbonyl (C=O) groups excluding carboxylic acids is 2. The molecule has 7 nitrogen and oxygen atoms in total. The van der Waals surface area contributed by atoms with Crippen LogP contribution in [0.3, 0.4) is 0 Å². The molecule has 3 aromatic rings. The van der Waals surface area contributed by atoms with Crippen LogP contribution >= 0.6 is 11.6 Å². The van der Waals surface area contributed by atoms with Gasteiger partial charge in [0.05, 0.1) is 23.8 Å². The van der Waals surface area contributed by atoms with Crippen LogP contribution < -0.4 is 9.64 Å². The Bertz CT molecular complexity index is 1200. The molecular formula is C25H27ClN4O3. The van der Waals surface area contributed by atoms with Gasteiger partial charge in [0.1, 0.15) is 18.1 Å². The predicted octanol–water partition coefficient (Wildman–Crippen LogP) is 4.23. The highest BCUT2D eigenvalue weighted by atomic mass is 35.5. The fourth-order valence-corrected chi connectivity index (χ4v) is 5.10. The highest BCUT2D eigenvalue weighted by molar-refractivity contribution is 6.31. The molecule has 2 saturated heterocycles. The third-order valence-corrected chi connectivity index (χ3v) is 6.84. The number of fused-ring (bicyclic) bond motifs is 1. The molecule has 2 aliphatic heterocycles. The minimum absolute atomic E-state index is 0.0125. The van der Waals surface area contributed by atoms with Gasteiger partial charge in [0.25, 0.3) is 0 Å². The van der Waals surface area contributed by atoms with Crippen molar-refractivity contribution in [1.82, 2.24) is 14.5 Å². The molecule has 1 atom stereocenters. The monoisotopic (exact) mass is 466 g/mol. The zero-order chi connectivity index (χ0) is 22.9. The van der Waals surface area contributed by atoms with Crippen LogP contribution in [0, 0.1) is 0 Å². The second kappa shape index (κ2) is 9.06. The van der Waals surface area contributed by atoms with Crippen molar-refractivity contribution in [2.45, 2.75) is 38.1 Å². The second-order valence-electron chi connectivity index (χ2n) is 8.71. The first-order valence-corrected chi connectivity index (χ1v) is 11.8. The molecule has 2 fully saturated rings. The largest absolute Gasteiger partial charge is 0.495 e. The molecule has 1 aromatic heterocycles. The van der Waals surface area contributed by atoms with Crippen LogP contribution in [0.5, 0.6) is 5.75 Å². The summed E-state index contributed by atoms with van der Waals surface area (Å²) in [7, 11) is 1.58. The molecule has 8 heteroatoms. The third kappa shape index (κ3) is 4.17. The van der Waals surface area contributed by atoms with Crippen molar-refractivity contribution >= 4 is 40.1 Å². The molecule has 0 saturated carbocycles. The number of piperidine rings is 1. The van der Waals surface area contributed by atoms with E-state index in [9.17, 15) is 9.59 Å². The number of halogens is 1. The van der Waals surface area contributed by atoms with Crippen molar-refractivity contribution in [2.24, 2.45) is 0 Å². The van der Waals surface area contributed by atoms with Gasteiger partial charge in [0.15, 0.2) is 0 Å². The number of methoxy groups -OCH3 is 1. The highest BCUT2D eigenvalue weighted by Crippen LogP contribution is 2.38. The van der Waals surface area contributed by atoms with Crippen LogP contribution in [0.1, 0.15) is 37.4 Å². The summed E-state index contributed by atoms with van der Waals surface area (Å²) in [5, 5.41) is 0.543. The van der Waals surface area contributed by atoms with E-state index < -0.39 is 0 Å². The Kier molecular flexibility index (Phi) is 5.98. The van der Waals surface area contributed by atoms with E-state index in [1.54, 1.807) is 30.2 Å². The van der Waals surface area contributed by atoms with E-state index in [1.165, 1.54) is 6.42 Å². The summed E-state index contributed by atoms with van der Waals surface area (Å²) in [6.45, 7) is 2.31. The van der Waals surface area contributed by atoms with Crippen LogP contribution in [0.15, 0.2) is 42.5 Å². The maximum absolute atomic E-state index is 13.1. The Morgan fingerprint density at radius 1 is 1.15 bits per heavy atom. The van der Waals surface area contributed by atoms with E-state index >= 15 is 0 Å². The molecule has 0 aliphatic carbocycles. The topological polar surface area (TPSA) is 67.7 Å². The predicted molar refractivity (Wildman–Crippen MR) is 128 cm³/mol. The molecule has 0 spiro atoms. The lowest BCUT2D eigenvalue weighted by molar-refractivity contribution is -0.132. The van der Waals surface area contributed by atoms with Crippen molar-refractivity contribution < 1.29 is 14.3 Å². The van der Waals surface area contributed by atoms with Gasteiger partial charge < -0.3 is 19.1 Å². The number of para-hydroxylation sites is 2. The van der Waals surface area contributed by atoms with Gasteiger partial charge in [-0.05, 0) is 49.6 Å². The van der Waals surface area contributed by atoms with E-state index in [4.69, 9.17) is 21.3 Å². The summed E-state index contributed by atoms with van der Waals surface area (Å²) < 4.78 is 7.47. The Hall–Kier alpha value is -3.06. The Morgan fingerprint density at radius 3 is 2.73 bits per heavy atom. The number of likely N-dealkylation sites (tertiary alicyclic amines) is 1. The smallest absolute Gasteiger partial charge is 0.242 e. The van der Waals surface area contributed by atoms with Crippen LogP contribution in [0.25, 0.3) is 11.0 Å². The summed E-state index contributed by atoms with van der Waals surface area (Å²) in [6, 6.07) is 13.1. The molecule has 5 rings (SSSR count). The molecule has 33 heavy (non-hydrogen) atoms. The van der Waals surface area contributed by atoms with Gasteiger partial charge in [-0.1, -0.05) is 23.7 Å². The molecule has 0 N–H and O–H groups in total. The van der Waals surface area contributed by atoms with Gasteiger partial charge in [-0.15, -0.1) is 0 Å². The Morgan fingerprint density at radius 2 is 1.94 bits per heavy atom. The molecule has 0 bridgehead atoms. The Labute approximate surface area is 197 Å². The minimum Gasteiger partial charge on any atom is -0.495 e. The van der Waals surface area contributed by atoms with Crippen LogP contribution in [0.2, 0.25) is 5.02 Å². The fraction of sp³-hybridized carbons (Fsp3) is 0.400. The lowest BCUT2D eigenvalue weighted by Crippen LogP contribution is -2.38. The van der Waals surface area contributed by atoms with Gasteiger partial charge in [-0.3, -0.25) is 9.59 Å². The van der Waals surface area contributed by atoms with Crippen molar-refractivity contribution in [2.75, 3.05) is 31.6 Å². The number of ether oxygens (including phenoxy) is 1. The van der Waals surface area contributed by atoms with E-state index in [0.29, 0.717) is 29.4 Å². The number of anilines is 1. The maximum Gasteiger partial charge on any atom is 0.242 e. The highest BCUT2D eigenvalue weighted by Gasteiger charge is 2.36.